The minimum absolute atomic E-state index is 0.804. The fourth-order valence-electron chi connectivity index (χ4n) is 0.887. The molecule has 0 heterocycles. The van der Waals surface area contributed by atoms with Gasteiger partial charge in [0.25, 0.3) is 0 Å². The van der Waals surface area contributed by atoms with Crippen LogP contribution in [-0.2, 0) is 4.74 Å². The van der Waals surface area contributed by atoms with Gasteiger partial charge in [-0.25, -0.2) is 0 Å². The lowest BCUT2D eigenvalue weighted by Gasteiger charge is -2.00. The van der Waals surface area contributed by atoms with Crippen molar-refractivity contribution < 1.29 is 4.74 Å². The minimum atomic E-state index is 0.804. The summed E-state index contributed by atoms with van der Waals surface area (Å²) in [6, 6.07) is 0. The van der Waals surface area contributed by atoms with Gasteiger partial charge in [0.05, 0.1) is 6.61 Å². The molecule has 0 amide bonds. The van der Waals surface area contributed by atoms with Crippen LogP contribution in [0.25, 0.3) is 0 Å². The van der Waals surface area contributed by atoms with Crippen LogP contribution >= 0.6 is 0 Å². The highest BCUT2D eigenvalue weighted by Crippen LogP contribution is 1.89. The highest BCUT2D eigenvalue weighted by Gasteiger charge is 1.83. The molecule has 0 aliphatic carbocycles. The van der Waals surface area contributed by atoms with Crippen LogP contribution in [0.1, 0.15) is 26.2 Å². The molecular weight excluding hydrogens is 150 g/mol. The van der Waals surface area contributed by atoms with Crippen molar-refractivity contribution in [2.45, 2.75) is 26.2 Å². The summed E-state index contributed by atoms with van der Waals surface area (Å²) in [6.07, 6.45) is 8.07. The van der Waals surface area contributed by atoms with Crippen molar-refractivity contribution in [2.24, 2.45) is 0 Å². The monoisotopic (exact) mass is 171 g/mol. The summed E-state index contributed by atoms with van der Waals surface area (Å²) < 4.78 is 4.91. The van der Waals surface area contributed by atoms with Crippen molar-refractivity contribution in [1.82, 2.24) is 5.32 Å². The zero-order valence-electron chi connectivity index (χ0n) is 8.31. The lowest BCUT2D eigenvalue weighted by molar-refractivity contribution is 0.199. The van der Waals surface area contributed by atoms with Crippen molar-refractivity contribution >= 4 is 0 Å². The number of ether oxygens (including phenoxy) is 1. The van der Waals surface area contributed by atoms with E-state index in [1.54, 1.807) is 7.11 Å². The van der Waals surface area contributed by atoms with Crippen LogP contribution in [0, 0.1) is 0 Å². The Hall–Kier alpha value is -0.340. The largest absolute Gasteiger partial charge is 0.383 e. The molecule has 12 heavy (non-hydrogen) atoms. The lowest BCUT2D eigenvalue weighted by Crippen LogP contribution is -2.19. The summed E-state index contributed by atoms with van der Waals surface area (Å²) in [5.41, 5.74) is 0. The first-order valence-electron chi connectivity index (χ1n) is 4.76. The number of unbranched alkanes of at least 4 members (excludes halogenated alkanes) is 1. The lowest BCUT2D eigenvalue weighted by atomic mass is 10.3. The fraction of sp³-hybridized carbons (Fsp3) is 0.800. The van der Waals surface area contributed by atoms with Gasteiger partial charge in [-0.15, -0.1) is 0 Å². The van der Waals surface area contributed by atoms with E-state index < -0.39 is 0 Å². The highest BCUT2D eigenvalue weighted by molar-refractivity contribution is 4.81. The Labute approximate surface area is 76.0 Å². The summed E-state index contributed by atoms with van der Waals surface area (Å²) in [5.74, 6) is 0. The molecule has 1 N–H and O–H groups in total. The maximum atomic E-state index is 4.91. The summed E-state index contributed by atoms with van der Waals surface area (Å²) in [5, 5.41) is 3.29. The zero-order valence-corrected chi connectivity index (χ0v) is 8.31. The molecule has 0 spiro atoms. The van der Waals surface area contributed by atoms with Crippen LogP contribution in [0.3, 0.4) is 0 Å². The van der Waals surface area contributed by atoms with Crippen molar-refractivity contribution in [3.8, 4) is 0 Å². The van der Waals surface area contributed by atoms with Crippen LogP contribution in [0.15, 0.2) is 12.2 Å². The molecule has 0 aromatic heterocycles. The maximum absolute atomic E-state index is 4.91. The summed E-state index contributed by atoms with van der Waals surface area (Å²) in [4.78, 5) is 0. The molecule has 0 saturated carbocycles. The molecule has 2 heteroatoms. The Bertz CT molecular complexity index is 102. The molecule has 0 aliphatic heterocycles. The average molecular weight is 171 g/mol. The Balaban J connectivity index is 2.90. The first-order valence-corrected chi connectivity index (χ1v) is 4.76. The van der Waals surface area contributed by atoms with Crippen LogP contribution < -0.4 is 5.32 Å². The first-order chi connectivity index (χ1) is 5.91. The van der Waals surface area contributed by atoms with Gasteiger partial charge in [0.2, 0.25) is 0 Å². The molecule has 0 aromatic rings. The van der Waals surface area contributed by atoms with Gasteiger partial charge in [0.15, 0.2) is 0 Å². The van der Waals surface area contributed by atoms with Crippen LogP contribution in [0.4, 0.5) is 0 Å². The normalized spacial score (nSPS) is 11.2. The van der Waals surface area contributed by atoms with Gasteiger partial charge in [0.1, 0.15) is 0 Å². The SMILES string of the molecule is CCCC=CCCNCCOC. The molecule has 0 rings (SSSR count). The summed E-state index contributed by atoms with van der Waals surface area (Å²) in [7, 11) is 1.73. The average Bonchev–Trinajstić information content (AvgIpc) is 2.10. The Morgan fingerprint density at radius 1 is 1.17 bits per heavy atom. The van der Waals surface area contributed by atoms with E-state index in [0.29, 0.717) is 0 Å². The van der Waals surface area contributed by atoms with Crippen molar-refractivity contribution in [3.63, 3.8) is 0 Å². The molecule has 0 atom stereocenters. The predicted octanol–water partition coefficient (Wildman–Crippen LogP) is 1.97. The van der Waals surface area contributed by atoms with E-state index in [9.17, 15) is 0 Å². The maximum Gasteiger partial charge on any atom is 0.0587 e. The van der Waals surface area contributed by atoms with Gasteiger partial charge in [0, 0.05) is 13.7 Å². The van der Waals surface area contributed by atoms with E-state index in [1.165, 1.54) is 12.8 Å². The molecular formula is C10H21NO. The van der Waals surface area contributed by atoms with E-state index >= 15 is 0 Å². The third-order valence-electron chi connectivity index (χ3n) is 1.59. The Kier molecular flexibility index (Phi) is 10.4. The first kappa shape index (κ1) is 11.7. The number of rotatable bonds is 8. The summed E-state index contributed by atoms with van der Waals surface area (Å²) in [6.45, 7) is 5.02. The van der Waals surface area contributed by atoms with Crippen LogP contribution in [-0.4, -0.2) is 26.8 Å². The standard InChI is InChI=1S/C10H21NO/c1-3-4-5-6-7-8-11-9-10-12-2/h5-6,11H,3-4,7-10H2,1-2H3. The van der Waals surface area contributed by atoms with Crippen molar-refractivity contribution in [3.05, 3.63) is 12.2 Å². The van der Waals surface area contributed by atoms with E-state index in [4.69, 9.17) is 4.74 Å². The summed E-state index contributed by atoms with van der Waals surface area (Å²) >= 11 is 0. The number of allylic oxidation sites excluding steroid dienone is 1. The topological polar surface area (TPSA) is 21.3 Å². The second kappa shape index (κ2) is 10.7. The third-order valence-corrected chi connectivity index (χ3v) is 1.59. The number of methoxy groups -OCH3 is 1. The van der Waals surface area contributed by atoms with Gasteiger partial charge in [-0.1, -0.05) is 25.5 Å². The molecule has 2 nitrogen and oxygen atoms in total. The van der Waals surface area contributed by atoms with E-state index in [1.807, 2.05) is 0 Å². The second-order valence-electron chi connectivity index (χ2n) is 2.79. The quantitative estimate of drug-likeness (QED) is 0.445. The molecule has 0 aliphatic rings. The van der Waals surface area contributed by atoms with Crippen molar-refractivity contribution in [2.75, 3.05) is 26.8 Å². The molecule has 0 bridgehead atoms. The fourth-order valence-corrected chi connectivity index (χ4v) is 0.887. The molecule has 0 unspecified atom stereocenters. The molecule has 0 aromatic carbocycles. The second-order valence-corrected chi connectivity index (χ2v) is 2.79. The van der Waals surface area contributed by atoms with Gasteiger partial charge in [-0.2, -0.15) is 0 Å². The van der Waals surface area contributed by atoms with Crippen LogP contribution in [0.5, 0.6) is 0 Å². The number of hydrogen-bond donors (Lipinski definition) is 1. The van der Waals surface area contributed by atoms with Gasteiger partial charge in [-0.05, 0) is 19.4 Å². The number of nitrogens with one attached hydrogen (secondary N) is 1. The minimum Gasteiger partial charge on any atom is -0.383 e. The predicted molar refractivity (Wildman–Crippen MR) is 53.4 cm³/mol. The van der Waals surface area contributed by atoms with Gasteiger partial charge in [-0.3, -0.25) is 0 Å². The van der Waals surface area contributed by atoms with E-state index in [2.05, 4.69) is 24.4 Å². The highest BCUT2D eigenvalue weighted by atomic mass is 16.5. The number of hydrogen-bond acceptors (Lipinski definition) is 2. The molecule has 0 radical (unpaired) electrons. The van der Waals surface area contributed by atoms with Crippen molar-refractivity contribution in [1.29, 1.82) is 0 Å². The molecule has 0 fully saturated rings. The molecule has 0 saturated heterocycles. The van der Waals surface area contributed by atoms with Gasteiger partial charge < -0.3 is 10.1 Å². The van der Waals surface area contributed by atoms with E-state index in [0.717, 1.165) is 26.1 Å². The Morgan fingerprint density at radius 3 is 2.58 bits per heavy atom. The van der Waals surface area contributed by atoms with Gasteiger partial charge >= 0.3 is 0 Å². The third kappa shape index (κ3) is 9.66. The van der Waals surface area contributed by atoms with E-state index in [-0.39, 0.29) is 0 Å². The zero-order chi connectivity index (χ0) is 9.07. The molecule has 72 valence electrons. The van der Waals surface area contributed by atoms with Crippen LogP contribution in [0.2, 0.25) is 0 Å². The smallest absolute Gasteiger partial charge is 0.0587 e. The Morgan fingerprint density at radius 2 is 1.92 bits per heavy atom.